The van der Waals surface area contributed by atoms with Crippen LogP contribution in [0.25, 0.3) is 0 Å². The van der Waals surface area contributed by atoms with E-state index in [2.05, 4.69) is 0 Å². The fraction of sp³-hybridized carbons (Fsp3) is 0.300. The van der Waals surface area contributed by atoms with Crippen molar-refractivity contribution in [2.45, 2.75) is 13.3 Å². The molecule has 15 heavy (non-hydrogen) atoms. The predicted molar refractivity (Wildman–Crippen MR) is 57.8 cm³/mol. The number of carboxylic acid groups (broad SMARTS) is 1. The highest BCUT2D eigenvalue weighted by Gasteiger charge is 2.22. The Labute approximate surface area is 88.0 Å². The molecular weight excluding hydrogens is 215 g/mol. The molecule has 0 spiro atoms. The molecule has 0 amide bonds. The molecule has 0 saturated carbocycles. The van der Waals surface area contributed by atoms with Crippen molar-refractivity contribution in [2.75, 3.05) is 6.16 Å². The molecule has 1 aromatic carbocycles. The molecule has 0 aliphatic carbocycles. The summed E-state index contributed by atoms with van der Waals surface area (Å²) in [6.45, 7) is 1.82. The van der Waals surface area contributed by atoms with Crippen molar-refractivity contribution >= 4 is 18.6 Å². The lowest BCUT2D eigenvalue weighted by atomic mass is 10.2. The van der Waals surface area contributed by atoms with Crippen molar-refractivity contribution < 1.29 is 19.4 Å². The highest BCUT2D eigenvalue weighted by Crippen LogP contribution is 2.39. The first-order chi connectivity index (χ1) is 6.92. The second-order valence-corrected chi connectivity index (χ2v) is 5.77. The van der Waals surface area contributed by atoms with Gasteiger partial charge in [-0.1, -0.05) is 17.7 Å². The Morgan fingerprint density at radius 2 is 2.13 bits per heavy atom. The van der Waals surface area contributed by atoms with Gasteiger partial charge < -0.3 is 10.00 Å². The lowest BCUT2D eigenvalue weighted by molar-refractivity contribution is -0.136. The standard InChI is InChI=1S/C10H13O4P/c1-8-3-2-4-9(7-8)15(13,14)6-5-10(11)12/h2-4,7H,5-6H2,1H3,(H,11,12)(H,13,14). The van der Waals surface area contributed by atoms with E-state index in [-0.39, 0.29) is 12.6 Å². The van der Waals surface area contributed by atoms with Crippen LogP contribution in [0.5, 0.6) is 0 Å². The fourth-order valence-corrected chi connectivity index (χ4v) is 2.70. The van der Waals surface area contributed by atoms with Gasteiger partial charge in [0.1, 0.15) is 0 Å². The molecule has 5 heteroatoms. The molecule has 1 aromatic rings. The second-order valence-electron chi connectivity index (χ2n) is 3.41. The minimum Gasteiger partial charge on any atom is -0.481 e. The SMILES string of the molecule is Cc1cccc(P(=O)(O)CCC(=O)O)c1. The van der Waals surface area contributed by atoms with Crippen LogP contribution in [0.15, 0.2) is 24.3 Å². The minimum absolute atomic E-state index is 0.216. The van der Waals surface area contributed by atoms with E-state index in [0.717, 1.165) is 5.56 Å². The van der Waals surface area contributed by atoms with Crippen molar-refractivity contribution in [3.05, 3.63) is 29.8 Å². The molecule has 0 aliphatic rings. The average molecular weight is 228 g/mol. The topological polar surface area (TPSA) is 74.6 Å². The van der Waals surface area contributed by atoms with E-state index < -0.39 is 13.3 Å². The van der Waals surface area contributed by atoms with E-state index >= 15 is 0 Å². The van der Waals surface area contributed by atoms with E-state index in [9.17, 15) is 14.3 Å². The molecule has 82 valence electrons. The van der Waals surface area contributed by atoms with E-state index in [1.807, 2.05) is 13.0 Å². The molecule has 0 aliphatic heterocycles. The summed E-state index contributed by atoms with van der Waals surface area (Å²) in [6.07, 6.45) is -0.506. The largest absolute Gasteiger partial charge is 0.481 e. The lowest BCUT2D eigenvalue weighted by Gasteiger charge is -2.10. The third-order valence-corrected chi connectivity index (χ3v) is 3.95. The first kappa shape index (κ1) is 12.0. The number of hydrogen-bond donors (Lipinski definition) is 2. The van der Waals surface area contributed by atoms with Gasteiger partial charge in [-0.25, -0.2) is 0 Å². The molecule has 1 unspecified atom stereocenters. The third-order valence-electron chi connectivity index (χ3n) is 2.03. The van der Waals surface area contributed by atoms with Crippen LogP contribution < -0.4 is 5.30 Å². The number of hydrogen-bond acceptors (Lipinski definition) is 2. The van der Waals surface area contributed by atoms with E-state index in [1.165, 1.54) is 0 Å². The van der Waals surface area contributed by atoms with Crippen LogP contribution in [0, 0.1) is 6.92 Å². The summed E-state index contributed by atoms with van der Waals surface area (Å²) in [5, 5.41) is 8.77. The Morgan fingerprint density at radius 1 is 1.47 bits per heavy atom. The van der Waals surface area contributed by atoms with Crippen LogP contribution in [0.2, 0.25) is 0 Å². The van der Waals surface area contributed by atoms with E-state index in [1.54, 1.807) is 18.2 Å². The van der Waals surface area contributed by atoms with Crippen LogP contribution in [0.3, 0.4) is 0 Å². The highest BCUT2D eigenvalue weighted by atomic mass is 31.2. The Morgan fingerprint density at radius 3 is 2.67 bits per heavy atom. The van der Waals surface area contributed by atoms with Gasteiger partial charge in [-0.2, -0.15) is 0 Å². The van der Waals surface area contributed by atoms with Crippen LogP contribution >= 0.6 is 7.37 Å². The summed E-state index contributed by atoms with van der Waals surface area (Å²) in [5.41, 5.74) is 0.886. The zero-order chi connectivity index (χ0) is 11.5. The number of carbonyl (C=O) groups is 1. The number of carboxylic acids is 1. The Bertz CT molecular complexity index is 414. The van der Waals surface area contributed by atoms with Gasteiger partial charge >= 0.3 is 5.97 Å². The quantitative estimate of drug-likeness (QED) is 0.763. The van der Waals surface area contributed by atoms with Crippen LogP contribution in [0.4, 0.5) is 0 Å². The van der Waals surface area contributed by atoms with Gasteiger partial charge in [0.05, 0.1) is 6.42 Å². The van der Waals surface area contributed by atoms with Crippen LogP contribution in [-0.4, -0.2) is 22.1 Å². The molecular formula is C10H13O4P. The normalized spacial score (nSPS) is 14.5. The van der Waals surface area contributed by atoms with Crippen molar-refractivity contribution in [1.29, 1.82) is 0 Å². The van der Waals surface area contributed by atoms with Crippen molar-refractivity contribution in [3.63, 3.8) is 0 Å². The maximum absolute atomic E-state index is 11.8. The van der Waals surface area contributed by atoms with Gasteiger partial charge in [0, 0.05) is 11.5 Å². The summed E-state index contributed by atoms with van der Waals surface area (Å²) in [4.78, 5) is 20.0. The van der Waals surface area contributed by atoms with Gasteiger partial charge in [-0.05, 0) is 19.1 Å². The van der Waals surface area contributed by atoms with Crippen LogP contribution in [-0.2, 0) is 9.36 Å². The van der Waals surface area contributed by atoms with Gasteiger partial charge in [0.25, 0.3) is 0 Å². The molecule has 0 aromatic heterocycles. The summed E-state index contributed by atoms with van der Waals surface area (Å²) >= 11 is 0. The number of rotatable bonds is 4. The minimum atomic E-state index is -3.51. The highest BCUT2D eigenvalue weighted by molar-refractivity contribution is 7.66. The van der Waals surface area contributed by atoms with Gasteiger partial charge in [-0.15, -0.1) is 0 Å². The first-order valence-electron chi connectivity index (χ1n) is 4.53. The average Bonchev–Trinajstić information content (AvgIpc) is 2.15. The summed E-state index contributed by atoms with van der Waals surface area (Å²) < 4.78 is 11.8. The summed E-state index contributed by atoms with van der Waals surface area (Å²) in [5.74, 6) is -1.06. The van der Waals surface area contributed by atoms with E-state index in [4.69, 9.17) is 5.11 Å². The maximum atomic E-state index is 11.8. The molecule has 0 radical (unpaired) electrons. The molecule has 1 atom stereocenters. The van der Waals surface area contributed by atoms with Crippen molar-refractivity contribution in [3.8, 4) is 0 Å². The molecule has 1 rings (SSSR count). The molecule has 2 N–H and O–H groups in total. The van der Waals surface area contributed by atoms with Crippen molar-refractivity contribution in [2.24, 2.45) is 0 Å². The Balaban J connectivity index is 2.86. The van der Waals surface area contributed by atoms with Gasteiger partial charge in [0.15, 0.2) is 0 Å². The number of benzene rings is 1. The first-order valence-corrected chi connectivity index (χ1v) is 6.37. The summed E-state index contributed by atoms with van der Waals surface area (Å²) in [6, 6.07) is 6.67. The molecule has 4 nitrogen and oxygen atoms in total. The molecule has 0 saturated heterocycles. The number of aliphatic carboxylic acids is 1. The Hall–Kier alpha value is -1.12. The molecule has 0 bridgehead atoms. The van der Waals surface area contributed by atoms with Gasteiger partial charge in [-0.3, -0.25) is 9.36 Å². The zero-order valence-corrected chi connectivity index (χ0v) is 9.28. The smallest absolute Gasteiger partial charge is 0.303 e. The molecule has 0 heterocycles. The Kier molecular flexibility index (Phi) is 3.66. The molecule has 0 fully saturated rings. The second kappa shape index (κ2) is 4.60. The fourth-order valence-electron chi connectivity index (χ4n) is 1.22. The third kappa shape index (κ3) is 3.50. The zero-order valence-electron chi connectivity index (χ0n) is 8.38. The summed E-state index contributed by atoms with van der Waals surface area (Å²) in [7, 11) is -3.51. The predicted octanol–water partition coefficient (Wildman–Crippen LogP) is 1.37. The van der Waals surface area contributed by atoms with Crippen LogP contribution in [0.1, 0.15) is 12.0 Å². The van der Waals surface area contributed by atoms with Gasteiger partial charge in [0.2, 0.25) is 7.37 Å². The lowest BCUT2D eigenvalue weighted by Crippen LogP contribution is -2.10. The monoisotopic (exact) mass is 228 g/mol. The van der Waals surface area contributed by atoms with E-state index in [0.29, 0.717) is 5.30 Å². The van der Waals surface area contributed by atoms with Crippen molar-refractivity contribution in [1.82, 2.24) is 0 Å². The number of aryl methyl sites for hydroxylation is 1. The maximum Gasteiger partial charge on any atom is 0.303 e.